The monoisotopic (exact) mass is 170 g/mol. The fraction of sp³-hybridized carbons (Fsp3) is 0.333. The van der Waals surface area contributed by atoms with Crippen molar-refractivity contribution in [3.8, 4) is 5.75 Å². The molecule has 0 aliphatic carbocycles. The van der Waals surface area contributed by atoms with Gasteiger partial charge in [-0.15, -0.1) is 0 Å². The first kappa shape index (κ1) is 8.41. The van der Waals surface area contributed by atoms with Crippen molar-refractivity contribution in [2.75, 3.05) is 0 Å². The van der Waals surface area contributed by atoms with Gasteiger partial charge in [0.25, 0.3) is 0 Å². The lowest BCUT2D eigenvalue weighted by Gasteiger charge is -2.18. The summed E-state index contributed by atoms with van der Waals surface area (Å²) in [6.07, 6.45) is 0. The van der Waals surface area contributed by atoms with Crippen molar-refractivity contribution in [3.63, 3.8) is 0 Å². The highest BCUT2D eigenvalue weighted by molar-refractivity contribution is 6.22. The Labute approximate surface area is 71.9 Å². The van der Waals surface area contributed by atoms with Crippen LogP contribution in [-0.4, -0.2) is 5.06 Å². The highest BCUT2D eigenvalue weighted by Crippen LogP contribution is 2.20. The molecular weight excluding hydrogens is 160 g/mol. The Balaban J connectivity index is 2.66. The quantitative estimate of drug-likeness (QED) is 0.620. The Morgan fingerprint density at radius 2 is 1.73 bits per heavy atom. The van der Waals surface area contributed by atoms with Crippen molar-refractivity contribution < 1.29 is 4.74 Å². The molecule has 0 saturated heterocycles. The zero-order valence-corrected chi connectivity index (χ0v) is 7.43. The fourth-order valence-electron chi connectivity index (χ4n) is 0.769. The van der Waals surface area contributed by atoms with Crippen molar-refractivity contribution in [1.82, 2.24) is 0 Å². The summed E-state index contributed by atoms with van der Waals surface area (Å²) < 4.78 is 5.37. The summed E-state index contributed by atoms with van der Waals surface area (Å²) in [5.74, 6) is 0.799. The van der Waals surface area contributed by atoms with Crippen LogP contribution in [0.3, 0.4) is 0 Å². The average Bonchev–Trinajstić information content (AvgIpc) is 1.85. The molecule has 0 spiro atoms. The molecule has 0 aliphatic rings. The Morgan fingerprint density at radius 1 is 1.18 bits per heavy atom. The number of ether oxygens (including phenoxy) is 1. The third-order valence-electron chi connectivity index (χ3n) is 1.10. The van der Waals surface area contributed by atoms with Gasteiger partial charge in [-0.3, -0.25) is 0 Å². The third kappa shape index (κ3) is 3.28. The highest BCUT2D eigenvalue weighted by atomic mass is 35.5. The second-order valence-electron chi connectivity index (χ2n) is 2.78. The largest absolute Gasteiger partial charge is 0.473 e. The summed E-state index contributed by atoms with van der Waals surface area (Å²) >= 11 is 5.85. The number of hydrogen-bond donors (Lipinski definition) is 0. The van der Waals surface area contributed by atoms with Gasteiger partial charge < -0.3 is 4.74 Å². The van der Waals surface area contributed by atoms with Crippen molar-refractivity contribution in [3.05, 3.63) is 30.3 Å². The van der Waals surface area contributed by atoms with Crippen LogP contribution in [0.2, 0.25) is 0 Å². The van der Waals surface area contributed by atoms with Crippen molar-refractivity contribution >= 4 is 11.6 Å². The van der Waals surface area contributed by atoms with E-state index < -0.39 is 5.06 Å². The molecule has 0 heterocycles. The van der Waals surface area contributed by atoms with E-state index in [0.29, 0.717) is 0 Å². The summed E-state index contributed by atoms with van der Waals surface area (Å²) in [6.45, 7) is 3.61. The molecule has 11 heavy (non-hydrogen) atoms. The molecule has 0 aromatic heterocycles. The van der Waals surface area contributed by atoms with Crippen LogP contribution in [0.1, 0.15) is 13.8 Å². The standard InChI is InChI=1S/C9H11ClO/c1-9(2,10)11-8-6-4-3-5-7-8/h3-7H,1-2H3. The summed E-state index contributed by atoms with van der Waals surface area (Å²) in [6, 6.07) is 9.53. The van der Waals surface area contributed by atoms with E-state index in [4.69, 9.17) is 16.3 Å². The Bertz CT molecular complexity index is 213. The molecule has 1 aromatic carbocycles. The molecule has 1 aromatic rings. The SMILES string of the molecule is CC(C)(Cl)Oc1ccccc1. The molecule has 0 atom stereocenters. The molecule has 0 saturated carbocycles. The highest BCUT2D eigenvalue weighted by Gasteiger charge is 2.13. The van der Waals surface area contributed by atoms with Crippen molar-refractivity contribution in [2.24, 2.45) is 0 Å². The predicted octanol–water partition coefficient (Wildman–Crippen LogP) is 3.04. The van der Waals surface area contributed by atoms with Crippen LogP contribution in [-0.2, 0) is 0 Å². The van der Waals surface area contributed by atoms with E-state index in [2.05, 4.69) is 0 Å². The maximum atomic E-state index is 5.85. The summed E-state index contributed by atoms with van der Waals surface area (Å²) in [5.41, 5.74) is 0. The van der Waals surface area contributed by atoms with E-state index in [1.807, 2.05) is 44.2 Å². The Hall–Kier alpha value is -0.690. The average molecular weight is 171 g/mol. The van der Waals surface area contributed by atoms with Gasteiger partial charge in [-0.2, -0.15) is 0 Å². The molecule has 0 unspecified atom stereocenters. The molecule has 0 radical (unpaired) electrons. The van der Waals surface area contributed by atoms with E-state index >= 15 is 0 Å². The van der Waals surface area contributed by atoms with Gasteiger partial charge in [0, 0.05) is 0 Å². The minimum atomic E-state index is -0.624. The maximum Gasteiger partial charge on any atom is 0.176 e. The lowest BCUT2D eigenvalue weighted by atomic mass is 10.3. The molecule has 0 amide bonds. The van der Waals surface area contributed by atoms with Gasteiger partial charge in [0.1, 0.15) is 5.75 Å². The lowest BCUT2D eigenvalue weighted by Crippen LogP contribution is -2.19. The van der Waals surface area contributed by atoms with Crippen LogP contribution in [0.4, 0.5) is 0 Å². The van der Waals surface area contributed by atoms with E-state index in [1.165, 1.54) is 0 Å². The van der Waals surface area contributed by atoms with E-state index in [-0.39, 0.29) is 0 Å². The van der Waals surface area contributed by atoms with Crippen LogP contribution in [0.15, 0.2) is 30.3 Å². The zero-order valence-electron chi connectivity index (χ0n) is 6.67. The topological polar surface area (TPSA) is 9.23 Å². The zero-order chi connectivity index (χ0) is 8.32. The van der Waals surface area contributed by atoms with Crippen LogP contribution in [0, 0.1) is 0 Å². The molecule has 0 bridgehead atoms. The van der Waals surface area contributed by atoms with Gasteiger partial charge in [0.15, 0.2) is 5.06 Å². The van der Waals surface area contributed by atoms with Crippen LogP contribution < -0.4 is 4.74 Å². The third-order valence-corrected chi connectivity index (χ3v) is 1.18. The van der Waals surface area contributed by atoms with Gasteiger partial charge in [0.2, 0.25) is 0 Å². The van der Waals surface area contributed by atoms with Crippen molar-refractivity contribution in [1.29, 1.82) is 0 Å². The number of halogens is 1. The summed E-state index contributed by atoms with van der Waals surface area (Å²) in [4.78, 5) is 0. The molecule has 0 fully saturated rings. The van der Waals surface area contributed by atoms with Gasteiger partial charge in [-0.1, -0.05) is 29.8 Å². The smallest absolute Gasteiger partial charge is 0.176 e. The van der Waals surface area contributed by atoms with Gasteiger partial charge in [0.05, 0.1) is 0 Å². The normalized spacial score (nSPS) is 11.2. The maximum absolute atomic E-state index is 5.85. The number of benzene rings is 1. The molecule has 0 aliphatic heterocycles. The Morgan fingerprint density at radius 3 is 2.18 bits per heavy atom. The number of rotatable bonds is 2. The first-order chi connectivity index (χ1) is 5.08. The summed E-state index contributed by atoms with van der Waals surface area (Å²) in [7, 11) is 0. The second kappa shape index (κ2) is 3.14. The van der Waals surface area contributed by atoms with Gasteiger partial charge >= 0.3 is 0 Å². The van der Waals surface area contributed by atoms with Crippen LogP contribution >= 0.6 is 11.6 Å². The van der Waals surface area contributed by atoms with Gasteiger partial charge in [-0.25, -0.2) is 0 Å². The number of alkyl halides is 1. The minimum absolute atomic E-state index is 0.624. The van der Waals surface area contributed by atoms with E-state index in [0.717, 1.165) is 5.75 Å². The molecule has 2 heteroatoms. The second-order valence-corrected chi connectivity index (χ2v) is 3.69. The van der Waals surface area contributed by atoms with Crippen LogP contribution in [0.25, 0.3) is 0 Å². The first-order valence-corrected chi connectivity index (χ1v) is 3.89. The van der Waals surface area contributed by atoms with E-state index in [1.54, 1.807) is 0 Å². The predicted molar refractivity (Wildman–Crippen MR) is 47.0 cm³/mol. The first-order valence-electron chi connectivity index (χ1n) is 3.51. The lowest BCUT2D eigenvalue weighted by molar-refractivity contribution is 0.199. The fourth-order valence-corrected chi connectivity index (χ4v) is 0.858. The number of hydrogen-bond acceptors (Lipinski definition) is 1. The van der Waals surface area contributed by atoms with Crippen LogP contribution in [0.5, 0.6) is 5.75 Å². The minimum Gasteiger partial charge on any atom is -0.473 e. The number of para-hydroxylation sites is 1. The summed E-state index contributed by atoms with van der Waals surface area (Å²) in [5, 5.41) is -0.624. The molecular formula is C9H11ClO. The van der Waals surface area contributed by atoms with Crippen molar-refractivity contribution in [2.45, 2.75) is 18.9 Å². The van der Waals surface area contributed by atoms with E-state index in [9.17, 15) is 0 Å². The van der Waals surface area contributed by atoms with Gasteiger partial charge in [-0.05, 0) is 26.0 Å². The molecule has 1 rings (SSSR count). The Kier molecular flexibility index (Phi) is 2.40. The molecule has 1 nitrogen and oxygen atoms in total. The molecule has 0 N–H and O–H groups in total. The molecule has 60 valence electrons.